The van der Waals surface area contributed by atoms with E-state index in [1.54, 1.807) is 0 Å². The van der Waals surface area contributed by atoms with Gasteiger partial charge in [-0.05, 0) is 26.7 Å². The highest BCUT2D eigenvalue weighted by molar-refractivity contribution is 5.35. The van der Waals surface area contributed by atoms with Gasteiger partial charge in [0, 0.05) is 11.3 Å². The second-order valence-corrected chi connectivity index (χ2v) is 2.47. The van der Waals surface area contributed by atoms with Gasteiger partial charge >= 0.3 is 0 Å². The van der Waals surface area contributed by atoms with Crippen molar-refractivity contribution in [3.63, 3.8) is 0 Å². The van der Waals surface area contributed by atoms with Crippen LogP contribution in [0.25, 0.3) is 0 Å². The highest BCUT2D eigenvalue weighted by Crippen LogP contribution is 2.06. The fraction of sp³-hybridized carbons (Fsp3) is 0.333. The second-order valence-electron chi connectivity index (χ2n) is 2.47. The molecule has 0 radical (unpaired) electrons. The molecule has 11 heavy (non-hydrogen) atoms. The zero-order valence-electron chi connectivity index (χ0n) is 6.97. The molecule has 0 aromatic carbocycles. The van der Waals surface area contributed by atoms with Crippen molar-refractivity contribution < 1.29 is 0 Å². The third-order valence-electron chi connectivity index (χ3n) is 1.64. The number of terminal acetylenes is 1. The smallest absolute Gasteiger partial charge is 0.126 e. The van der Waals surface area contributed by atoms with E-state index in [1.807, 2.05) is 20.8 Å². The lowest BCUT2D eigenvalue weighted by molar-refractivity contribution is 0.973. The molecule has 0 unspecified atom stereocenters. The standard InChI is InChI=1S/C9H10N2/c1-5-9-6(2)7(3)10-8(4)11-9/h1H,2-4H3. The van der Waals surface area contributed by atoms with Gasteiger partial charge in [-0.25, -0.2) is 9.97 Å². The number of hydrogen-bond acceptors (Lipinski definition) is 2. The fourth-order valence-corrected chi connectivity index (χ4v) is 0.909. The molecule has 2 heteroatoms. The third kappa shape index (κ3) is 1.38. The number of hydrogen-bond donors (Lipinski definition) is 0. The van der Waals surface area contributed by atoms with Crippen molar-refractivity contribution in [1.29, 1.82) is 0 Å². The monoisotopic (exact) mass is 146 g/mol. The number of nitrogens with zero attached hydrogens (tertiary/aromatic N) is 2. The molecule has 1 aromatic heterocycles. The van der Waals surface area contributed by atoms with E-state index in [2.05, 4.69) is 15.9 Å². The average molecular weight is 146 g/mol. The van der Waals surface area contributed by atoms with E-state index < -0.39 is 0 Å². The quantitative estimate of drug-likeness (QED) is 0.517. The number of aryl methyl sites for hydroxylation is 2. The fourth-order valence-electron chi connectivity index (χ4n) is 0.909. The van der Waals surface area contributed by atoms with Crippen LogP contribution in [0.3, 0.4) is 0 Å². The molecular weight excluding hydrogens is 136 g/mol. The Hall–Kier alpha value is -1.36. The minimum absolute atomic E-state index is 0.704. The number of rotatable bonds is 0. The minimum Gasteiger partial charge on any atom is -0.238 e. The van der Waals surface area contributed by atoms with Gasteiger partial charge in [-0.15, -0.1) is 6.42 Å². The number of aromatic nitrogens is 2. The van der Waals surface area contributed by atoms with Gasteiger partial charge in [0.2, 0.25) is 0 Å². The van der Waals surface area contributed by atoms with Gasteiger partial charge in [-0.2, -0.15) is 0 Å². The molecule has 0 saturated carbocycles. The Balaban J connectivity index is 3.39. The Morgan fingerprint density at radius 2 is 1.82 bits per heavy atom. The molecule has 0 atom stereocenters. The van der Waals surface area contributed by atoms with Gasteiger partial charge in [0.25, 0.3) is 0 Å². The predicted molar refractivity (Wildman–Crippen MR) is 44.2 cm³/mol. The summed E-state index contributed by atoms with van der Waals surface area (Å²) in [4.78, 5) is 8.28. The molecule has 2 nitrogen and oxygen atoms in total. The van der Waals surface area contributed by atoms with Gasteiger partial charge in [-0.1, -0.05) is 0 Å². The Morgan fingerprint density at radius 1 is 1.18 bits per heavy atom. The van der Waals surface area contributed by atoms with Crippen molar-refractivity contribution in [3.8, 4) is 12.3 Å². The summed E-state index contributed by atoms with van der Waals surface area (Å²) in [5.74, 6) is 3.26. The van der Waals surface area contributed by atoms with E-state index in [0.29, 0.717) is 5.69 Å². The molecule has 0 bridgehead atoms. The van der Waals surface area contributed by atoms with E-state index >= 15 is 0 Å². The van der Waals surface area contributed by atoms with Crippen molar-refractivity contribution in [2.24, 2.45) is 0 Å². The molecule has 0 aliphatic carbocycles. The maximum atomic E-state index is 5.25. The van der Waals surface area contributed by atoms with Crippen LogP contribution in [0.2, 0.25) is 0 Å². The van der Waals surface area contributed by atoms with Crippen LogP contribution in [0.1, 0.15) is 22.8 Å². The maximum Gasteiger partial charge on any atom is 0.126 e. The molecule has 0 N–H and O–H groups in total. The highest BCUT2D eigenvalue weighted by atomic mass is 14.9. The summed E-state index contributed by atoms with van der Waals surface area (Å²) >= 11 is 0. The molecule has 0 spiro atoms. The summed E-state index contributed by atoms with van der Waals surface area (Å²) in [5, 5.41) is 0. The van der Waals surface area contributed by atoms with Gasteiger partial charge in [0.15, 0.2) is 0 Å². The van der Waals surface area contributed by atoms with Gasteiger partial charge < -0.3 is 0 Å². The Labute approximate surface area is 66.7 Å². The normalized spacial score (nSPS) is 9.27. The van der Waals surface area contributed by atoms with Crippen LogP contribution >= 0.6 is 0 Å². The van der Waals surface area contributed by atoms with Crippen molar-refractivity contribution in [2.45, 2.75) is 20.8 Å². The van der Waals surface area contributed by atoms with Crippen LogP contribution in [-0.4, -0.2) is 9.97 Å². The summed E-state index contributed by atoms with van der Waals surface area (Å²) in [6, 6.07) is 0. The van der Waals surface area contributed by atoms with Crippen molar-refractivity contribution >= 4 is 0 Å². The maximum absolute atomic E-state index is 5.25. The van der Waals surface area contributed by atoms with Crippen LogP contribution in [0.5, 0.6) is 0 Å². The topological polar surface area (TPSA) is 25.8 Å². The highest BCUT2D eigenvalue weighted by Gasteiger charge is 2.01. The molecule has 1 heterocycles. The lowest BCUT2D eigenvalue weighted by Crippen LogP contribution is -1.98. The van der Waals surface area contributed by atoms with Gasteiger partial charge in [-0.3, -0.25) is 0 Å². The molecule has 1 aromatic rings. The van der Waals surface area contributed by atoms with E-state index in [4.69, 9.17) is 6.42 Å². The summed E-state index contributed by atoms with van der Waals surface area (Å²) in [6.45, 7) is 5.71. The Morgan fingerprint density at radius 3 is 2.36 bits per heavy atom. The first-order valence-corrected chi connectivity index (χ1v) is 3.43. The van der Waals surface area contributed by atoms with Crippen LogP contribution in [-0.2, 0) is 0 Å². The average Bonchev–Trinajstić information content (AvgIpc) is 1.96. The van der Waals surface area contributed by atoms with E-state index in [-0.39, 0.29) is 0 Å². The second kappa shape index (κ2) is 2.71. The Bertz CT molecular complexity index is 321. The first-order valence-electron chi connectivity index (χ1n) is 3.43. The molecule has 1 rings (SSSR count). The van der Waals surface area contributed by atoms with Crippen LogP contribution in [0.15, 0.2) is 0 Å². The summed E-state index contributed by atoms with van der Waals surface area (Å²) in [5.41, 5.74) is 2.67. The van der Waals surface area contributed by atoms with Crippen LogP contribution in [0.4, 0.5) is 0 Å². The molecule has 0 amide bonds. The van der Waals surface area contributed by atoms with Crippen LogP contribution < -0.4 is 0 Å². The van der Waals surface area contributed by atoms with Gasteiger partial charge in [0.05, 0.1) is 0 Å². The lowest BCUT2D eigenvalue weighted by Gasteiger charge is -2.01. The first-order chi connectivity index (χ1) is 5.15. The molecule has 0 aliphatic rings. The molecular formula is C9H10N2. The SMILES string of the molecule is C#Cc1nc(C)nc(C)c1C. The molecule has 56 valence electrons. The van der Waals surface area contributed by atoms with E-state index in [0.717, 1.165) is 17.1 Å². The summed E-state index contributed by atoms with van der Waals surface area (Å²) in [7, 11) is 0. The Kier molecular flexibility index (Phi) is 1.91. The zero-order valence-corrected chi connectivity index (χ0v) is 6.97. The first kappa shape index (κ1) is 7.74. The van der Waals surface area contributed by atoms with E-state index in [1.165, 1.54) is 0 Å². The van der Waals surface area contributed by atoms with E-state index in [9.17, 15) is 0 Å². The molecule has 0 fully saturated rings. The van der Waals surface area contributed by atoms with Crippen molar-refractivity contribution in [3.05, 3.63) is 22.8 Å². The molecule has 0 aliphatic heterocycles. The van der Waals surface area contributed by atoms with Gasteiger partial charge in [0.1, 0.15) is 11.5 Å². The summed E-state index contributed by atoms with van der Waals surface area (Å²) in [6.07, 6.45) is 5.25. The third-order valence-corrected chi connectivity index (χ3v) is 1.64. The lowest BCUT2D eigenvalue weighted by atomic mass is 10.2. The molecule has 0 saturated heterocycles. The summed E-state index contributed by atoms with van der Waals surface area (Å²) < 4.78 is 0. The van der Waals surface area contributed by atoms with Crippen LogP contribution in [0, 0.1) is 33.1 Å². The zero-order chi connectivity index (χ0) is 8.43. The van der Waals surface area contributed by atoms with Crippen molar-refractivity contribution in [1.82, 2.24) is 9.97 Å². The minimum atomic E-state index is 0.704. The largest absolute Gasteiger partial charge is 0.238 e. The van der Waals surface area contributed by atoms with Crippen molar-refractivity contribution in [2.75, 3.05) is 0 Å². The predicted octanol–water partition coefficient (Wildman–Crippen LogP) is 1.38.